The molecule has 0 aromatic heterocycles. The Morgan fingerprint density at radius 1 is 0.828 bits per heavy atom. The van der Waals surface area contributed by atoms with Crippen LogP contribution in [0.5, 0.6) is 11.5 Å². The first-order chi connectivity index (χ1) is 14.1. The number of carbonyl (C=O) groups is 2. The van der Waals surface area contributed by atoms with E-state index >= 15 is 0 Å². The molecular formula is C24H21NO4. The average molecular weight is 387 g/mol. The molecular weight excluding hydrogens is 366 g/mol. The number of carbonyl (C=O) groups excluding carboxylic acids is 2. The van der Waals surface area contributed by atoms with Gasteiger partial charge in [0.2, 0.25) is 6.10 Å². The first kappa shape index (κ1) is 18.7. The van der Waals surface area contributed by atoms with Crippen LogP contribution in [0, 0.1) is 0 Å². The minimum atomic E-state index is -1.01. The molecule has 0 unspecified atom stereocenters. The monoisotopic (exact) mass is 387 g/mol. The molecule has 1 amide bonds. The molecule has 3 aromatic rings. The Morgan fingerprint density at radius 2 is 1.34 bits per heavy atom. The molecule has 1 heterocycles. The molecule has 0 saturated carbocycles. The second-order valence-electron chi connectivity index (χ2n) is 7.07. The third kappa shape index (κ3) is 3.59. The van der Waals surface area contributed by atoms with E-state index in [4.69, 9.17) is 9.47 Å². The molecule has 4 rings (SSSR count). The number of rotatable bonds is 4. The van der Waals surface area contributed by atoms with Gasteiger partial charge >= 0.3 is 5.97 Å². The summed E-state index contributed by atoms with van der Waals surface area (Å²) in [5.74, 6) is -0.223. The summed E-state index contributed by atoms with van der Waals surface area (Å²) < 4.78 is 11.8. The van der Waals surface area contributed by atoms with Crippen LogP contribution in [0.15, 0.2) is 78.9 Å². The first-order valence-electron chi connectivity index (χ1n) is 9.38. The van der Waals surface area contributed by atoms with Crippen LogP contribution in [0.1, 0.15) is 28.7 Å². The number of ether oxygens (including phenoxy) is 2. The number of para-hydroxylation sites is 2. The third-order valence-corrected chi connectivity index (χ3v) is 4.92. The van der Waals surface area contributed by atoms with Gasteiger partial charge in [-0.25, -0.2) is 0 Å². The van der Waals surface area contributed by atoms with Crippen LogP contribution in [0.4, 0.5) is 0 Å². The number of fused-ring (bicyclic) bond motifs is 2. The predicted molar refractivity (Wildman–Crippen MR) is 109 cm³/mol. The highest BCUT2D eigenvalue weighted by Crippen LogP contribution is 2.44. The van der Waals surface area contributed by atoms with E-state index in [-0.39, 0.29) is 5.91 Å². The fraction of sp³-hybridized carbons (Fsp3) is 0.167. The van der Waals surface area contributed by atoms with Gasteiger partial charge in [0.25, 0.3) is 5.91 Å². The average Bonchev–Trinajstić information content (AvgIpc) is 2.75. The Kier molecular flexibility index (Phi) is 5.04. The number of likely N-dealkylation sites (N-methyl/N-ethyl adjacent to an activating group) is 1. The van der Waals surface area contributed by atoms with Crippen molar-refractivity contribution < 1.29 is 19.1 Å². The zero-order chi connectivity index (χ0) is 20.4. The second-order valence-corrected chi connectivity index (χ2v) is 7.07. The van der Waals surface area contributed by atoms with Gasteiger partial charge in [0.1, 0.15) is 17.4 Å². The molecule has 3 aromatic carbocycles. The fourth-order valence-corrected chi connectivity index (χ4v) is 3.47. The Bertz CT molecular complexity index is 1000. The molecule has 5 heteroatoms. The van der Waals surface area contributed by atoms with Gasteiger partial charge in [0, 0.05) is 30.8 Å². The van der Waals surface area contributed by atoms with Crippen LogP contribution in [-0.2, 0) is 14.3 Å². The van der Waals surface area contributed by atoms with Gasteiger partial charge in [0.05, 0.1) is 0 Å². The molecule has 1 aliphatic rings. The van der Waals surface area contributed by atoms with Crippen LogP contribution < -0.4 is 4.74 Å². The molecule has 1 aliphatic heterocycles. The van der Waals surface area contributed by atoms with E-state index < -0.39 is 18.0 Å². The zero-order valence-corrected chi connectivity index (χ0v) is 16.2. The van der Waals surface area contributed by atoms with Gasteiger partial charge in [-0.1, -0.05) is 66.7 Å². The normalized spacial score (nSPS) is 13.4. The van der Waals surface area contributed by atoms with Crippen LogP contribution in [0.25, 0.3) is 0 Å². The van der Waals surface area contributed by atoms with Gasteiger partial charge in [-0.3, -0.25) is 9.59 Å². The number of hydrogen-bond donors (Lipinski definition) is 0. The summed E-state index contributed by atoms with van der Waals surface area (Å²) in [5.41, 5.74) is 2.08. The number of amides is 1. The van der Waals surface area contributed by atoms with Crippen molar-refractivity contribution in [2.75, 3.05) is 14.1 Å². The molecule has 0 spiro atoms. The van der Waals surface area contributed by atoms with Crippen molar-refractivity contribution in [3.05, 3.63) is 95.6 Å². The van der Waals surface area contributed by atoms with Crippen molar-refractivity contribution in [3.63, 3.8) is 0 Å². The van der Waals surface area contributed by atoms with Crippen molar-refractivity contribution >= 4 is 11.9 Å². The molecule has 0 fully saturated rings. The smallest absolute Gasteiger partial charge is 0.319 e. The maximum atomic E-state index is 13.4. The summed E-state index contributed by atoms with van der Waals surface area (Å²) in [7, 11) is 3.29. The third-order valence-electron chi connectivity index (χ3n) is 4.92. The first-order valence-corrected chi connectivity index (χ1v) is 9.38. The van der Waals surface area contributed by atoms with E-state index in [9.17, 15) is 9.59 Å². The summed E-state index contributed by atoms with van der Waals surface area (Å²) in [5, 5.41) is 0. The summed E-state index contributed by atoms with van der Waals surface area (Å²) in [6.45, 7) is 0. The van der Waals surface area contributed by atoms with Gasteiger partial charge in [-0.05, 0) is 12.1 Å². The number of esters is 1. The molecule has 5 nitrogen and oxygen atoms in total. The molecule has 0 N–H and O–H groups in total. The Labute approximate surface area is 169 Å². The van der Waals surface area contributed by atoms with Crippen LogP contribution >= 0.6 is 0 Å². The Hall–Kier alpha value is -3.60. The maximum Gasteiger partial charge on any atom is 0.319 e. The SMILES string of the molecule is CN(C)C(=O)[C@@H](OC(=O)C1c2ccccc2Oc2ccccc21)c1ccccc1. The van der Waals surface area contributed by atoms with Crippen LogP contribution in [-0.4, -0.2) is 30.9 Å². The maximum absolute atomic E-state index is 13.4. The summed E-state index contributed by atoms with van der Waals surface area (Å²) in [6.07, 6.45) is -1.01. The van der Waals surface area contributed by atoms with E-state index in [0.29, 0.717) is 17.1 Å². The lowest BCUT2D eigenvalue weighted by molar-refractivity contribution is -0.160. The Morgan fingerprint density at radius 3 is 1.90 bits per heavy atom. The number of hydrogen-bond acceptors (Lipinski definition) is 4. The van der Waals surface area contributed by atoms with Crippen molar-refractivity contribution in [2.45, 2.75) is 12.0 Å². The van der Waals surface area contributed by atoms with Crippen molar-refractivity contribution in [1.82, 2.24) is 4.90 Å². The van der Waals surface area contributed by atoms with Crippen LogP contribution in [0.2, 0.25) is 0 Å². The zero-order valence-electron chi connectivity index (χ0n) is 16.2. The van der Waals surface area contributed by atoms with Gasteiger partial charge in [-0.2, -0.15) is 0 Å². The van der Waals surface area contributed by atoms with Gasteiger partial charge < -0.3 is 14.4 Å². The Balaban J connectivity index is 1.73. The quantitative estimate of drug-likeness (QED) is 0.627. The molecule has 0 aliphatic carbocycles. The highest BCUT2D eigenvalue weighted by Gasteiger charge is 2.36. The number of benzene rings is 3. The predicted octanol–water partition coefficient (Wildman–Crippen LogP) is 4.30. The minimum Gasteiger partial charge on any atom is -0.457 e. The van der Waals surface area contributed by atoms with Gasteiger partial charge in [0.15, 0.2) is 0 Å². The largest absolute Gasteiger partial charge is 0.457 e. The lowest BCUT2D eigenvalue weighted by Gasteiger charge is -2.29. The summed E-state index contributed by atoms with van der Waals surface area (Å²) in [4.78, 5) is 27.6. The highest BCUT2D eigenvalue weighted by molar-refractivity contribution is 5.89. The van der Waals surface area contributed by atoms with Gasteiger partial charge in [-0.15, -0.1) is 0 Å². The van der Waals surface area contributed by atoms with Crippen molar-refractivity contribution in [3.8, 4) is 11.5 Å². The lowest BCUT2D eigenvalue weighted by Crippen LogP contribution is -2.33. The number of nitrogens with zero attached hydrogens (tertiary/aromatic N) is 1. The second kappa shape index (κ2) is 7.80. The molecule has 0 saturated heterocycles. The van der Waals surface area contributed by atoms with Crippen LogP contribution in [0.3, 0.4) is 0 Å². The van der Waals surface area contributed by atoms with E-state index in [1.165, 1.54) is 4.90 Å². The fourth-order valence-electron chi connectivity index (χ4n) is 3.47. The van der Waals surface area contributed by atoms with E-state index in [1.54, 1.807) is 26.2 Å². The molecule has 146 valence electrons. The molecule has 29 heavy (non-hydrogen) atoms. The summed E-state index contributed by atoms with van der Waals surface area (Å²) >= 11 is 0. The standard InChI is InChI=1S/C24H21NO4/c1-25(2)23(26)22(16-10-4-3-5-11-16)29-24(27)21-17-12-6-8-14-19(17)28-20-15-9-7-13-18(20)21/h3-15,21-22H,1-2H3/t22-/m0/s1. The molecule has 0 bridgehead atoms. The lowest BCUT2D eigenvalue weighted by atomic mass is 9.88. The molecule has 0 radical (unpaired) electrons. The minimum absolute atomic E-state index is 0.293. The van der Waals surface area contributed by atoms with E-state index in [0.717, 1.165) is 11.1 Å². The van der Waals surface area contributed by atoms with E-state index in [1.807, 2.05) is 66.7 Å². The van der Waals surface area contributed by atoms with Crippen molar-refractivity contribution in [1.29, 1.82) is 0 Å². The van der Waals surface area contributed by atoms with Crippen molar-refractivity contribution in [2.24, 2.45) is 0 Å². The highest BCUT2D eigenvalue weighted by atomic mass is 16.5. The molecule has 1 atom stereocenters. The topological polar surface area (TPSA) is 55.8 Å². The summed E-state index contributed by atoms with van der Waals surface area (Å²) in [6, 6.07) is 23.8. The van der Waals surface area contributed by atoms with E-state index in [2.05, 4.69) is 0 Å².